The van der Waals surface area contributed by atoms with Crippen molar-refractivity contribution in [2.45, 2.75) is 12.8 Å². The van der Waals surface area contributed by atoms with Crippen molar-refractivity contribution < 1.29 is 23.9 Å². The van der Waals surface area contributed by atoms with E-state index in [9.17, 15) is 19.2 Å². The summed E-state index contributed by atoms with van der Waals surface area (Å²) in [6, 6.07) is 4.95. The lowest BCUT2D eigenvalue weighted by molar-refractivity contribution is -0.153. The van der Waals surface area contributed by atoms with Gasteiger partial charge in [-0.05, 0) is 30.0 Å². The van der Waals surface area contributed by atoms with Gasteiger partial charge in [0.05, 0.1) is 11.8 Å². The molecule has 0 radical (unpaired) electrons. The highest BCUT2D eigenvalue weighted by molar-refractivity contribution is 5.99. The Morgan fingerprint density at radius 3 is 2.52 bits per heavy atom. The number of ether oxygens (including phenoxy) is 1. The summed E-state index contributed by atoms with van der Waals surface area (Å²) >= 11 is 0. The van der Waals surface area contributed by atoms with Crippen LogP contribution in [-0.4, -0.2) is 24.5 Å². The van der Waals surface area contributed by atoms with Gasteiger partial charge in [-0.25, -0.2) is 0 Å². The fraction of sp³-hybridized carbons (Fsp3) is 0.250. The maximum Gasteiger partial charge on any atom is 0.321 e. The molecule has 106 valence electrons. The third-order valence-electron chi connectivity index (χ3n) is 4.03. The zero-order chi connectivity index (χ0) is 15.0. The summed E-state index contributed by atoms with van der Waals surface area (Å²) in [5.74, 6) is -1.89. The number of fused-ring (bicyclic) bond motifs is 1. The average molecular weight is 284 g/mol. The van der Waals surface area contributed by atoms with E-state index in [1.807, 2.05) is 0 Å². The molecule has 0 N–H and O–H groups in total. The lowest BCUT2D eigenvalue weighted by Gasteiger charge is -2.20. The van der Waals surface area contributed by atoms with E-state index in [0.29, 0.717) is 36.5 Å². The first-order valence-electron chi connectivity index (χ1n) is 6.65. The quantitative estimate of drug-likeness (QED) is 0.480. The number of aldehydes is 2. The highest BCUT2D eigenvalue weighted by atomic mass is 16.6. The predicted octanol–water partition coefficient (Wildman–Crippen LogP) is 1.80. The second-order valence-corrected chi connectivity index (χ2v) is 5.18. The van der Waals surface area contributed by atoms with Crippen LogP contribution in [0, 0.1) is 11.8 Å². The molecule has 1 saturated heterocycles. The Hall–Kier alpha value is -2.56. The first kappa shape index (κ1) is 13.4. The summed E-state index contributed by atoms with van der Waals surface area (Å²) < 4.78 is 4.65. The van der Waals surface area contributed by atoms with Gasteiger partial charge in [0.2, 0.25) is 0 Å². The lowest BCUT2D eigenvalue weighted by Crippen LogP contribution is -2.20. The van der Waals surface area contributed by atoms with E-state index in [-0.39, 0.29) is 5.92 Å². The van der Waals surface area contributed by atoms with Crippen molar-refractivity contribution in [3.63, 3.8) is 0 Å². The van der Waals surface area contributed by atoms with Gasteiger partial charge in [0.15, 0.2) is 12.6 Å². The fourth-order valence-electron chi connectivity index (χ4n) is 2.87. The van der Waals surface area contributed by atoms with Crippen LogP contribution in [0.2, 0.25) is 0 Å². The van der Waals surface area contributed by atoms with Crippen molar-refractivity contribution in [1.29, 1.82) is 0 Å². The number of hydrogen-bond acceptors (Lipinski definition) is 5. The molecule has 5 heteroatoms. The molecule has 5 nitrogen and oxygen atoms in total. The topological polar surface area (TPSA) is 77.5 Å². The van der Waals surface area contributed by atoms with Gasteiger partial charge in [0, 0.05) is 11.1 Å². The summed E-state index contributed by atoms with van der Waals surface area (Å²) in [6.45, 7) is 0. The molecule has 0 aromatic heterocycles. The number of rotatable bonds is 3. The van der Waals surface area contributed by atoms with Crippen LogP contribution < -0.4 is 0 Å². The second kappa shape index (κ2) is 5.09. The van der Waals surface area contributed by atoms with Gasteiger partial charge in [-0.1, -0.05) is 18.2 Å². The molecule has 0 amide bonds. The monoisotopic (exact) mass is 284 g/mol. The van der Waals surface area contributed by atoms with Gasteiger partial charge in [0.25, 0.3) is 0 Å². The molecule has 0 spiro atoms. The van der Waals surface area contributed by atoms with E-state index in [1.54, 1.807) is 24.3 Å². The van der Waals surface area contributed by atoms with Crippen LogP contribution in [0.4, 0.5) is 0 Å². The molecule has 1 aliphatic heterocycles. The molecule has 2 aliphatic rings. The van der Waals surface area contributed by atoms with Gasteiger partial charge in [0.1, 0.15) is 0 Å². The van der Waals surface area contributed by atoms with Crippen molar-refractivity contribution in [3.8, 4) is 0 Å². The summed E-state index contributed by atoms with van der Waals surface area (Å²) in [5, 5.41) is 0. The van der Waals surface area contributed by atoms with Crippen molar-refractivity contribution >= 4 is 30.1 Å². The van der Waals surface area contributed by atoms with Crippen LogP contribution in [-0.2, 0) is 14.3 Å². The summed E-state index contributed by atoms with van der Waals surface area (Å²) in [7, 11) is 0. The molecule has 2 atom stereocenters. The normalized spacial score (nSPS) is 24.1. The minimum absolute atomic E-state index is 0.315. The maximum atomic E-state index is 11.6. The van der Waals surface area contributed by atoms with E-state index in [2.05, 4.69) is 4.74 Å². The van der Waals surface area contributed by atoms with Gasteiger partial charge < -0.3 is 4.74 Å². The second-order valence-electron chi connectivity index (χ2n) is 5.18. The molecule has 1 aliphatic carbocycles. The Kier molecular flexibility index (Phi) is 3.25. The number of esters is 2. The first-order valence-corrected chi connectivity index (χ1v) is 6.65. The third-order valence-corrected chi connectivity index (χ3v) is 4.03. The minimum atomic E-state index is -0.535. The van der Waals surface area contributed by atoms with Gasteiger partial charge in [-0.15, -0.1) is 0 Å². The minimum Gasteiger partial charge on any atom is -0.392 e. The summed E-state index contributed by atoms with van der Waals surface area (Å²) in [6.07, 6.45) is 4.18. The Morgan fingerprint density at radius 2 is 1.81 bits per heavy atom. The predicted molar refractivity (Wildman–Crippen MR) is 72.5 cm³/mol. The first-order chi connectivity index (χ1) is 10.1. The number of hydrogen-bond donors (Lipinski definition) is 0. The van der Waals surface area contributed by atoms with E-state index in [4.69, 9.17) is 0 Å². The van der Waals surface area contributed by atoms with Gasteiger partial charge >= 0.3 is 11.9 Å². The molecule has 1 aromatic carbocycles. The van der Waals surface area contributed by atoms with E-state index in [0.717, 1.165) is 11.1 Å². The Bertz CT molecular complexity index is 686. The number of carbonyl (C=O) groups is 4. The average Bonchev–Trinajstić information content (AvgIpc) is 2.81. The number of benzene rings is 1. The number of allylic oxidation sites excluding steroid dienone is 1. The lowest BCUT2D eigenvalue weighted by atomic mass is 9.80. The van der Waals surface area contributed by atoms with Crippen molar-refractivity contribution in [1.82, 2.24) is 0 Å². The van der Waals surface area contributed by atoms with Crippen molar-refractivity contribution in [3.05, 3.63) is 41.0 Å². The fourth-order valence-corrected chi connectivity index (χ4v) is 2.87. The van der Waals surface area contributed by atoms with Crippen LogP contribution in [0.15, 0.2) is 24.3 Å². The Morgan fingerprint density at radius 1 is 1.05 bits per heavy atom. The van der Waals surface area contributed by atoms with E-state index in [1.165, 1.54) is 0 Å². The standard InChI is InChI=1S/C16H12O5/c17-7-11-2-1-9(5-12(11)8-18)10-3-4-13-14(6-10)16(20)21-15(13)19/h1-2,5-8,13-14H,3-4H2. The molecule has 3 rings (SSSR count). The molecule has 2 unspecified atom stereocenters. The zero-order valence-corrected chi connectivity index (χ0v) is 11.1. The molecule has 0 bridgehead atoms. The molecule has 1 aromatic rings. The molecular formula is C16H12O5. The molecule has 1 heterocycles. The van der Waals surface area contributed by atoms with E-state index >= 15 is 0 Å². The summed E-state index contributed by atoms with van der Waals surface area (Å²) in [5.41, 5.74) is 2.32. The van der Waals surface area contributed by atoms with E-state index < -0.39 is 17.9 Å². The van der Waals surface area contributed by atoms with Crippen LogP contribution >= 0.6 is 0 Å². The van der Waals surface area contributed by atoms with Crippen LogP contribution in [0.3, 0.4) is 0 Å². The maximum absolute atomic E-state index is 11.6. The Balaban J connectivity index is 1.98. The molecule has 21 heavy (non-hydrogen) atoms. The molecular weight excluding hydrogens is 272 g/mol. The van der Waals surface area contributed by atoms with Crippen molar-refractivity contribution in [2.24, 2.45) is 11.8 Å². The number of carbonyl (C=O) groups excluding carboxylic acids is 4. The molecule has 1 fully saturated rings. The van der Waals surface area contributed by atoms with Crippen LogP contribution in [0.5, 0.6) is 0 Å². The van der Waals surface area contributed by atoms with Crippen molar-refractivity contribution in [2.75, 3.05) is 0 Å². The largest absolute Gasteiger partial charge is 0.392 e. The highest BCUT2D eigenvalue weighted by Gasteiger charge is 2.44. The zero-order valence-electron chi connectivity index (χ0n) is 11.1. The Labute approximate surface area is 120 Å². The number of cyclic esters (lactones) is 2. The molecule has 0 saturated carbocycles. The van der Waals surface area contributed by atoms with Gasteiger partial charge in [-0.3, -0.25) is 19.2 Å². The smallest absolute Gasteiger partial charge is 0.321 e. The highest BCUT2D eigenvalue weighted by Crippen LogP contribution is 2.38. The van der Waals surface area contributed by atoms with Crippen LogP contribution in [0.25, 0.3) is 5.57 Å². The SMILES string of the molecule is O=Cc1ccc(C2=CC3C(=O)OC(=O)C3CC2)cc1C=O. The summed E-state index contributed by atoms with van der Waals surface area (Å²) in [4.78, 5) is 44.9. The van der Waals surface area contributed by atoms with Crippen LogP contribution in [0.1, 0.15) is 39.1 Å². The third kappa shape index (κ3) is 2.20. The van der Waals surface area contributed by atoms with Gasteiger partial charge in [-0.2, -0.15) is 0 Å².